The number of hydrogen-bond acceptors (Lipinski definition) is 2. The largest absolute Gasteiger partial charge is 0.195 e. The van der Waals surface area contributed by atoms with E-state index in [4.69, 9.17) is 0 Å². The maximum atomic E-state index is 13.6. The van der Waals surface area contributed by atoms with Gasteiger partial charge in [-0.05, 0) is 83.3 Å². The second-order valence-electron chi connectivity index (χ2n) is 6.12. The van der Waals surface area contributed by atoms with Crippen LogP contribution in [0.2, 0.25) is 0 Å². The lowest BCUT2D eigenvalue weighted by Gasteiger charge is -2.15. The van der Waals surface area contributed by atoms with Crippen molar-refractivity contribution in [2.24, 2.45) is 0 Å². The minimum absolute atomic E-state index is 0.102. The standard InChI is InChI=1S/C18H12F2S2/c1-7-11-3-9-5-14(20)22-18(9)16(11)8(2)12-4-10-6-13(19)21-17(10)15(7)12/h5-6H,3-4H2,1-2H3. The normalized spacial score (nSPS) is 14.0. The molecule has 0 spiro atoms. The van der Waals surface area contributed by atoms with Crippen molar-refractivity contribution < 1.29 is 8.78 Å². The van der Waals surface area contributed by atoms with E-state index in [1.165, 1.54) is 56.1 Å². The average molecular weight is 330 g/mol. The van der Waals surface area contributed by atoms with E-state index in [0.29, 0.717) is 0 Å². The highest BCUT2D eigenvalue weighted by atomic mass is 32.1. The molecule has 0 N–H and O–H groups in total. The summed E-state index contributed by atoms with van der Waals surface area (Å²) in [6, 6.07) is 3.33. The van der Waals surface area contributed by atoms with Gasteiger partial charge in [0.2, 0.25) is 0 Å². The van der Waals surface area contributed by atoms with Crippen molar-refractivity contribution in [1.82, 2.24) is 0 Å². The molecule has 4 heteroatoms. The molecule has 0 amide bonds. The van der Waals surface area contributed by atoms with Gasteiger partial charge in [0.05, 0.1) is 0 Å². The van der Waals surface area contributed by atoms with Crippen LogP contribution in [0.15, 0.2) is 12.1 Å². The second-order valence-corrected chi connectivity index (χ2v) is 8.13. The number of thiophene rings is 2. The van der Waals surface area contributed by atoms with Gasteiger partial charge in [-0.3, -0.25) is 0 Å². The third kappa shape index (κ3) is 1.45. The van der Waals surface area contributed by atoms with Gasteiger partial charge in [-0.1, -0.05) is 0 Å². The summed E-state index contributed by atoms with van der Waals surface area (Å²) in [5.74, 6) is 0. The van der Waals surface area contributed by atoms with Crippen LogP contribution in [0.3, 0.4) is 0 Å². The van der Waals surface area contributed by atoms with E-state index in [9.17, 15) is 8.78 Å². The van der Waals surface area contributed by atoms with Crippen LogP contribution in [0, 0.1) is 24.1 Å². The Balaban J connectivity index is 1.85. The Morgan fingerprint density at radius 2 is 1.18 bits per heavy atom. The zero-order chi connectivity index (χ0) is 15.2. The number of benzene rings is 1. The third-order valence-corrected chi connectivity index (χ3v) is 6.97. The highest BCUT2D eigenvalue weighted by molar-refractivity contribution is 7.14. The molecule has 0 unspecified atom stereocenters. The molecule has 0 fully saturated rings. The fourth-order valence-electron chi connectivity index (χ4n) is 4.04. The number of fused-ring (bicyclic) bond motifs is 6. The fraction of sp³-hybridized carbons (Fsp3) is 0.222. The van der Waals surface area contributed by atoms with Gasteiger partial charge in [0.1, 0.15) is 0 Å². The predicted molar refractivity (Wildman–Crippen MR) is 88.1 cm³/mol. The van der Waals surface area contributed by atoms with Gasteiger partial charge in [0.25, 0.3) is 0 Å². The molecule has 0 saturated carbocycles. The molecular formula is C18H12F2S2. The van der Waals surface area contributed by atoms with E-state index >= 15 is 0 Å². The van der Waals surface area contributed by atoms with Crippen LogP contribution in [0.4, 0.5) is 8.78 Å². The lowest BCUT2D eigenvalue weighted by molar-refractivity contribution is 0.656. The van der Waals surface area contributed by atoms with Crippen molar-refractivity contribution in [2.75, 3.05) is 0 Å². The smallest absolute Gasteiger partial charge is 0.177 e. The van der Waals surface area contributed by atoms with E-state index in [-0.39, 0.29) is 10.3 Å². The zero-order valence-electron chi connectivity index (χ0n) is 12.1. The molecule has 1 aromatic carbocycles. The molecule has 0 radical (unpaired) electrons. The molecule has 2 heterocycles. The Kier molecular flexibility index (Phi) is 2.39. The van der Waals surface area contributed by atoms with Crippen LogP contribution in [0.25, 0.3) is 20.9 Å². The van der Waals surface area contributed by atoms with Gasteiger partial charge in [-0.2, -0.15) is 8.78 Å². The quantitative estimate of drug-likeness (QED) is 0.334. The second kappa shape index (κ2) is 4.06. The lowest BCUT2D eigenvalue weighted by atomic mass is 9.90. The zero-order valence-corrected chi connectivity index (χ0v) is 13.8. The van der Waals surface area contributed by atoms with Crippen molar-refractivity contribution in [3.8, 4) is 20.9 Å². The van der Waals surface area contributed by atoms with Gasteiger partial charge in [-0.25, -0.2) is 0 Å². The van der Waals surface area contributed by atoms with Crippen LogP contribution < -0.4 is 0 Å². The predicted octanol–water partition coefficient (Wildman–Crippen LogP) is 5.85. The monoisotopic (exact) mass is 330 g/mol. The minimum Gasteiger partial charge on any atom is -0.195 e. The molecule has 0 atom stereocenters. The molecule has 2 aromatic heterocycles. The van der Waals surface area contributed by atoms with Crippen LogP contribution in [0.5, 0.6) is 0 Å². The summed E-state index contributed by atoms with van der Waals surface area (Å²) < 4.78 is 27.2. The molecule has 0 nitrogen and oxygen atoms in total. The Labute approximate surface area is 135 Å². The molecule has 110 valence electrons. The van der Waals surface area contributed by atoms with Crippen LogP contribution in [-0.2, 0) is 12.8 Å². The topological polar surface area (TPSA) is 0 Å². The first-order valence-electron chi connectivity index (χ1n) is 7.26. The van der Waals surface area contributed by atoms with E-state index in [0.717, 1.165) is 33.7 Å². The highest BCUT2D eigenvalue weighted by Crippen LogP contribution is 2.53. The van der Waals surface area contributed by atoms with Crippen LogP contribution in [-0.4, -0.2) is 0 Å². The molecule has 22 heavy (non-hydrogen) atoms. The summed E-state index contributed by atoms with van der Waals surface area (Å²) in [6.07, 6.45) is 1.60. The SMILES string of the molecule is Cc1c2c(c(C)c3c1-c1sc(F)cc1C3)-c1sc(F)cc1C2. The summed E-state index contributed by atoms with van der Waals surface area (Å²) in [5.41, 5.74) is 9.78. The molecule has 3 aromatic rings. The van der Waals surface area contributed by atoms with E-state index in [1.807, 2.05) is 0 Å². The molecule has 5 rings (SSSR count). The van der Waals surface area contributed by atoms with Gasteiger partial charge >= 0.3 is 0 Å². The molecule has 0 saturated heterocycles. The van der Waals surface area contributed by atoms with Crippen LogP contribution >= 0.6 is 22.7 Å². The third-order valence-electron chi connectivity index (χ3n) is 5.01. The summed E-state index contributed by atoms with van der Waals surface area (Å²) in [6.45, 7) is 4.27. The van der Waals surface area contributed by atoms with Crippen molar-refractivity contribution in [2.45, 2.75) is 26.7 Å². The van der Waals surface area contributed by atoms with Gasteiger partial charge in [0.15, 0.2) is 10.3 Å². The van der Waals surface area contributed by atoms with Gasteiger partial charge in [0, 0.05) is 9.75 Å². The Morgan fingerprint density at radius 1 is 0.773 bits per heavy atom. The Morgan fingerprint density at radius 3 is 1.59 bits per heavy atom. The van der Waals surface area contributed by atoms with Crippen molar-refractivity contribution in [3.63, 3.8) is 0 Å². The van der Waals surface area contributed by atoms with Gasteiger partial charge < -0.3 is 0 Å². The van der Waals surface area contributed by atoms with Crippen molar-refractivity contribution >= 4 is 22.7 Å². The van der Waals surface area contributed by atoms with Crippen molar-refractivity contribution in [3.05, 3.63) is 55.8 Å². The van der Waals surface area contributed by atoms with E-state index < -0.39 is 0 Å². The Bertz CT molecular complexity index is 896. The van der Waals surface area contributed by atoms with Gasteiger partial charge in [-0.15, -0.1) is 22.7 Å². The summed E-state index contributed by atoms with van der Waals surface area (Å²) >= 11 is 2.50. The summed E-state index contributed by atoms with van der Waals surface area (Å²) in [5, 5.41) is -0.205. The summed E-state index contributed by atoms with van der Waals surface area (Å²) in [4.78, 5) is 2.19. The molecule has 0 bridgehead atoms. The molecule has 2 aliphatic carbocycles. The highest BCUT2D eigenvalue weighted by Gasteiger charge is 2.33. The Hall–Kier alpha value is -1.52. The summed E-state index contributed by atoms with van der Waals surface area (Å²) in [7, 11) is 0. The van der Waals surface area contributed by atoms with E-state index in [2.05, 4.69) is 13.8 Å². The van der Waals surface area contributed by atoms with Crippen LogP contribution in [0.1, 0.15) is 33.4 Å². The maximum absolute atomic E-state index is 13.6. The first-order valence-corrected chi connectivity index (χ1v) is 8.90. The van der Waals surface area contributed by atoms with E-state index in [1.54, 1.807) is 12.1 Å². The fourth-order valence-corrected chi connectivity index (χ4v) is 6.12. The molecular weight excluding hydrogens is 318 g/mol. The first kappa shape index (κ1) is 13.0. The molecule has 2 aliphatic rings. The number of hydrogen-bond donors (Lipinski definition) is 0. The maximum Gasteiger partial charge on any atom is 0.177 e. The first-order chi connectivity index (χ1) is 10.5. The molecule has 0 aliphatic heterocycles. The lowest BCUT2D eigenvalue weighted by Crippen LogP contribution is -1.97. The van der Waals surface area contributed by atoms with Crippen molar-refractivity contribution in [1.29, 1.82) is 0 Å². The average Bonchev–Trinajstić information content (AvgIpc) is 3.13. The number of rotatable bonds is 0. The number of halogens is 2. The minimum atomic E-state index is -0.102.